The second-order valence-corrected chi connectivity index (χ2v) is 6.50. The third-order valence-corrected chi connectivity index (χ3v) is 5.09. The molecule has 0 aromatic rings. The van der Waals surface area contributed by atoms with Gasteiger partial charge < -0.3 is 9.84 Å². The van der Waals surface area contributed by atoms with E-state index in [1.165, 1.54) is 26.4 Å². The van der Waals surface area contributed by atoms with E-state index in [2.05, 4.69) is 23.8 Å². The average molecular weight is 294 g/mol. The molecular formula is C17H26O4. The number of Topliss-reactive ketones (excluding diaryl/α,β-unsaturated/α-hetero) is 1. The second kappa shape index (κ2) is 7.21. The van der Waals surface area contributed by atoms with Crippen LogP contribution in [-0.2, 0) is 14.3 Å². The molecule has 0 heterocycles. The summed E-state index contributed by atoms with van der Waals surface area (Å²) in [6.07, 6.45) is 8.43. The van der Waals surface area contributed by atoms with E-state index in [4.69, 9.17) is 0 Å². The summed E-state index contributed by atoms with van der Waals surface area (Å²) in [7, 11) is 1.27. The van der Waals surface area contributed by atoms with Crippen molar-refractivity contribution >= 4 is 11.8 Å². The number of hydrogen-bond donors (Lipinski definition) is 1. The number of rotatable bonds is 5. The van der Waals surface area contributed by atoms with Crippen molar-refractivity contribution in [1.82, 2.24) is 0 Å². The van der Waals surface area contributed by atoms with E-state index in [0.717, 1.165) is 6.42 Å². The topological polar surface area (TPSA) is 63.6 Å². The van der Waals surface area contributed by atoms with Gasteiger partial charge in [0.1, 0.15) is 12.2 Å². The first kappa shape index (κ1) is 16.2. The summed E-state index contributed by atoms with van der Waals surface area (Å²) in [6, 6.07) is 0. The third-order valence-electron chi connectivity index (χ3n) is 5.09. The monoisotopic (exact) mass is 294 g/mol. The first-order chi connectivity index (χ1) is 10.0. The fourth-order valence-electron chi connectivity index (χ4n) is 4.05. The van der Waals surface area contributed by atoms with Gasteiger partial charge in [0.2, 0.25) is 0 Å². The minimum absolute atomic E-state index is 0.0567. The number of carbonyl (C=O) groups is 2. The highest BCUT2D eigenvalue weighted by Gasteiger charge is 2.40. The lowest BCUT2D eigenvalue weighted by molar-refractivity contribution is -0.144. The Labute approximate surface area is 126 Å². The molecule has 2 aliphatic carbocycles. The zero-order valence-corrected chi connectivity index (χ0v) is 13.0. The number of ether oxygens (including phenoxy) is 1. The van der Waals surface area contributed by atoms with Gasteiger partial charge in [0, 0.05) is 6.42 Å². The molecule has 0 aliphatic heterocycles. The fourth-order valence-corrected chi connectivity index (χ4v) is 4.05. The quantitative estimate of drug-likeness (QED) is 0.481. The number of allylic oxidation sites excluding steroid dienone is 2. The smallest absolute Gasteiger partial charge is 0.313 e. The molecule has 0 spiro atoms. The summed E-state index contributed by atoms with van der Waals surface area (Å²) in [5.41, 5.74) is 0. The van der Waals surface area contributed by atoms with Crippen LogP contribution in [-0.4, -0.2) is 30.1 Å². The lowest BCUT2D eigenvalue weighted by atomic mass is 9.63. The van der Waals surface area contributed by atoms with E-state index in [1.807, 2.05) is 0 Å². The van der Waals surface area contributed by atoms with Crippen LogP contribution < -0.4 is 0 Å². The maximum absolute atomic E-state index is 11.9. The van der Waals surface area contributed by atoms with E-state index in [0.29, 0.717) is 11.8 Å². The third kappa shape index (κ3) is 3.94. The lowest BCUT2D eigenvalue weighted by Crippen LogP contribution is -2.40. The summed E-state index contributed by atoms with van der Waals surface area (Å²) in [6.45, 7) is 2.11. The number of ketones is 1. The zero-order chi connectivity index (χ0) is 15.4. The molecule has 1 unspecified atom stereocenters. The van der Waals surface area contributed by atoms with Crippen LogP contribution in [0.4, 0.5) is 0 Å². The van der Waals surface area contributed by atoms with Crippen molar-refractivity contribution < 1.29 is 19.4 Å². The number of hydrogen-bond acceptors (Lipinski definition) is 4. The highest BCUT2D eigenvalue weighted by Crippen LogP contribution is 2.44. The molecule has 4 heteroatoms. The van der Waals surface area contributed by atoms with Gasteiger partial charge in [-0.25, -0.2) is 0 Å². The molecule has 1 saturated carbocycles. The number of esters is 1. The second-order valence-electron chi connectivity index (χ2n) is 6.50. The van der Waals surface area contributed by atoms with Crippen molar-refractivity contribution in [1.29, 1.82) is 0 Å². The number of aliphatic hydroxyl groups excluding tert-OH is 1. The Morgan fingerprint density at radius 2 is 2.00 bits per heavy atom. The number of methoxy groups -OCH3 is 1. The van der Waals surface area contributed by atoms with Gasteiger partial charge in [0.05, 0.1) is 13.2 Å². The molecule has 2 rings (SSSR count). The van der Waals surface area contributed by atoms with Crippen molar-refractivity contribution in [2.24, 2.45) is 23.7 Å². The predicted molar refractivity (Wildman–Crippen MR) is 79.5 cm³/mol. The maximum atomic E-state index is 11.9. The van der Waals surface area contributed by atoms with Gasteiger partial charge in [0.25, 0.3) is 0 Å². The van der Waals surface area contributed by atoms with Crippen LogP contribution in [0.25, 0.3) is 0 Å². The highest BCUT2D eigenvalue weighted by atomic mass is 16.5. The summed E-state index contributed by atoms with van der Waals surface area (Å²) in [4.78, 5) is 23.0. The summed E-state index contributed by atoms with van der Waals surface area (Å²) >= 11 is 0. The van der Waals surface area contributed by atoms with E-state index < -0.39 is 12.1 Å². The standard InChI is InChI=1S/C17H26O4/c1-11-7-8-12-5-3-4-6-14(12)17(11)15(19)9-13(18)10-16(20)21-2/h7-8,11-12,14-15,17,19H,3-6,9-10H2,1-2H3/t11-,12+,14-,15?,17-/m1/s1. The van der Waals surface area contributed by atoms with Crippen LogP contribution in [0.15, 0.2) is 12.2 Å². The molecule has 2 aliphatic rings. The maximum Gasteiger partial charge on any atom is 0.313 e. The zero-order valence-electron chi connectivity index (χ0n) is 13.0. The molecule has 5 atom stereocenters. The van der Waals surface area contributed by atoms with Gasteiger partial charge in [-0.3, -0.25) is 9.59 Å². The van der Waals surface area contributed by atoms with Gasteiger partial charge in [-0.15, -0.1) is 0 Å². The van der Waals surface area contributed by atoms with Crippen molar-refractivity contribution in [3.8, 4) is 0 Å². The predicted octanol–water partition coefficient (Wildman–Crippen LogP) is 2.50. The molecule has 0 saturated heterocycles. The Bertz CT molecular complexity index is 415. The van der Waals surface area contributed by atoms with Crippen molar-refractivity contribution in [3.63, 3.8) is 0 Å². The average Bonchev–Trinajstić information content (AvgIpc) is 2.46. The molecule has 0 amide bonds. The first-order valence-electron chi connectivity index (χ1n) is 7.97. The van der Waals surface area contributed by atoms with E-state index >= 15 is 0 Å². The van der Waals surface area contributed by atoms with E-state index in [1.54, 1.807) is 0 Å². The van der Waals surface area contributed by atoms with Crippen molar-refractivity contribution in [3.05, 3.63) is 12.2 Å². The van der Waals surface area contributed by atoms with Crippen LogP contribution >= 0.6 is 0 Å². The molecule has 118 valence electrons. The Morgan fingerprint density at radius 3 is 2.71 bits per heavy atom. The van der Waals surface area contributed by atoms with Gasteiger partial charge in [-0.2, -0.15) is 0 Å². The Balaban J connectivity index is 1.99. The molecule has 0 radical (unpaired) electrons. The van der Waals surface area contributed by atoms with Gasteiger partial charge in [-0.05, 0) is 36.5 Å². The van der Waals surface area contributed by atoms with E-state index in [-0.39, 0.29) is 30.5 Å². The lowest BCUT2D eigenvalue weighted by Gasteiger charge is -2.43. The molecule has 1 N–H and O–H groups in total. The highest BCUT2D eigenvalue weighted by molar-refractivity contribution is 5.95. The van der Waals surface area contributed by atoms with Crippen molar-refractivity contribution in [2.75, 3.05) is 7.11 Å². The minimum Gasteiger partial charge on any atom is -0.469 e. The number of aliphatic hydroxyl groups is 1. The van der Waals surface area contributed by atoms with Crippen molar-refractivity contribution in [2.45, 2.75) is 51.6 Å². The van der Waals surface area contributed by atoms with E-state index in [9.17, 15) is 14.7 Å². The van der Waals surface area contributed by atoms with Crippen LogP contribution in [0.3, 0.4) is 0 Å². The van der Waals surface area contributed by atoms with Gasteiger partial charge >= 0.3 is 5.97 Å². The molecule has 0 aromatic carbocycles. The van der Waals surface area contributed by atoms with Gasteiger partial charge in [-0.1, -0.05) is 31.9 Å². The van der Waals surface area contributed by atoms with Crippen LogP contribution in [0.2, 0.25) is 0 Å². The number of fused-ring (bicyclic) bond motifs is 1. The molecular weight excluding hydrogens is 268 g/mol. The van der Waals surface area contributed by atoms with Crippen LogP contribution in [0.1, 0.15) is 45.4 Å². The van der Waals surface area contributed by atoms with Crippen LogP contribution in [0, 0.1) is 23.7 Å². The summed E-state index contributed by atoms with van der Waals surface area (Å²) < 4.78 is 4.50. The largest absolute Gasteiger partial charge is 0.469 e. The minimum atomic E-state index is -0.660. The fraction of sp³-hybridized carbons (Fsp3) is 0.765. The summed E-state index contributed by atoms with van der Waals surface area (Å²) in [5.74, 6) is 0.667. The molecule has 0 aromatic heterocycles. The Morgan fingerprint density at radius 1 is 1.29 bits per heavy atom. The molecule has 4 nitrogen and oxygen atoms in total. The molecule has 0 bridgehead atoms. The first-order valence-corrected chi connectivity index (χ1v) is 7.97. The normalized spacial score (nSPS) is 33.1. The molecule has 1 fully saturated rings. The van der Waals surface area contributed by atoms with Crippen LogP contribution in [0.5, 0.6) is 0 Å². The number of carbonyl (C=O) groups excluding carboxylic acids is 2. The SMILES string of the molecule is COC(=O)CC(=O)CC(O)[C@H]1[C@@H]2CCCC[C@H]2C=C[C@H]1C. The Hall–Kier alpha value is -1.16. The summed E-state index contributed by atoms with van der Waals surface area (Å²) in [5, 5.41) is 10.5. The molecule has 21 heavy (non-hydrogen) atoms. The Kier molecular flexibility index (Phi) is 5.57. The van der Waals surface area contributed by atoms with Gasteiger partial charge in [0.15, 0.2) is 0 Å².